The van der Waals surface area contributed by atoms with Crippen molar-refractivity contribution in [1.82, 2.24) is 0 Å². The SMILES string of the molecule is CN(C(=O)c1ccc2c(c1)C1C=CCC1C(c1cc(Cl)cc(Cl)c1O)N2)c1ccccc1. The number of fused-ring (bicyclic) bond motifs is 3. The summed E-state index contributed by atoms with van der Waals surface area (Å²) in [6, 6.07) is 18.5. The Morgan fingerprint density at radius 3 is 2.62 bits per heavy atom. The summed E-state index contributed by atoms with van der Waals surface area (Å²) >= 11 is 12.4. The van der Waals surface area contributed by atoms with E-state index in [1.165, 1.54) is 0 Å². The number of phenolic OH excluding ortho intramolecular Hbond substituents is 1. The van der Waals surface area contributed by atoms with Gasteiger partial charge in [0, 0.05) is 40.5 Å². The molecule has 0 bridgehead atoms. The van der Waals surface area contributed by atoms with Crippen LogP contribution < -0.4 is 10.2 Å². The van der Waals surface area contributed by atoms with E-state index >= 15 is 0 Å². The maximum Gasteiger partial charge on any atom is 0.258 e. The van der Waals surface area contributed by atoms with E-state index in [1.54, 1.807) is 24.1 Å². The predicted molar refractivity (Wildman–Crippen MR) is 130 cm³/mol. The van der Waals surface area contributed by atoms with Crippen LogP contribution in [0.4, 0.5) is 11.4 Å². The van der Waals surface area contributed by atoms with E-state index in [0.29, 0.717) is 16.1 Å². The number of benzene rings is 3. The molecule has 2 aliphatic rings. The highest BCUT2D eigenvalue weighted by Gasteiger charge is 2.39. The third-order valence-electron chi connectivity index (χ3n) is 6.45. The third kappa shape index (κ3) is 3.54. The van der Waals surface area contributed by atoms with Gasteiger partial charge in [-0.2, -0.15) is 0 Å². The Balaban J connectivity index is 1.51. The largest absolute Gasteiger partial charge is 0.506 e. The van der Waals surface area contributed by atoms with Gasteiger partial charge in [-0.15, -0.1) is 0 Å². The number of anilines is 2. The molecule has 0 radical (unpaired) electrons. The molecule has 1 amide bonds. The Morgan fingerprint density at radius 1 is 1.06 bits per heavy atom. The van der Waals surface area contributed by atoms with Crippen LogP contribution in [0.1, 0.15) is 39.9 Å². The minimum Gasteiger partial charge on any atom is -0.506 e. The average Bonchev–Trinajstić information content (AvgIpc) is 3.30. The maximum absolute atomic E-state index is 13.2. The van der Waals surface area contributed by atoms with Gasteiger partial charge in [-0.3, -0.25) is 4.79 Å². The lowest BCUT2D eigenvalue weighted by molar-refractivity contribution is 0.0993. The van der Waals surface area contributed by atoms with E-state index in [1.807, 2.05) is 48.5 Å². The monoisotopic (exact) mass is 464 g/mol. The first-order valence-corrected chi connectivity index (χ1v) is 11.3. The molecule has 2 N–H and O–H groups in total. The van der Waals surface area contributed by atoms with Crippen molar-refractivity contribution in [3.8, 4) is 5.75 Å². The molecule has 1 aliphatic carbocycles. The number of nitrogens with zero attached hydrogens (tertiary/aromatic N) is 1. The van der Waals surface area contributed by atoms with Crippen LogP contribution in [0.5, 0.6) is 5.75 Å². The van der Waals surface area contributed by atoms with Gasteiger partial charge in [-0.1, -0.05) is 53.6 Å². The van der Waals surface area contributed by atoms with Crippen LogP contribution in [0.15, 0.2) is 72.8 Å². The molecule has 0 saturated heterocycles. The molecule has 0 saturated carbocycles. The lowest BCUT2D eigenvalue weighted by Gasteiger charge is -2.38. The highest BCUT2D eigenvalue weighted by atomic mass is 35.5. The highest BCUT2D eigenvalue weighted by molar-refractivity contribution is 6.35. The molecule has 0 spiro atoms. The quantitative estimate of drug-likeness (QED) is 0.418. The van der Waals surface area contributed by atoms with Crippen molar-refractivity contribution in [1.29, 1.82) is 0 Å². The maximum atomic E-state index is 13.2. The van der Waals surface area contributed by atoms with Gasteiger partial charge in [-0.05, 0) is 60.4 Å². The fourth-order valence-corrected chi connectivity index (χ4v) is 5.33. The molecule has 1 heterocycles. The van der Waals surface area contributed by atoms with Gasteiger partial charge in [0.1, 0.15) is 5.75 Å². The van der Waals surface area contributed by atoms with Crippen LogP contribution in [0.25, 0.3) is 0 Å². The zero-order valence-electron chi connectivity index (χ0n) is 17.4. The number of hydrogen-bond donors (Lipinski definition) is 2. The first-order chi connectivity index (χ1) is 15.4. The lowest BCUT2D eigenvalue weighted by Crippen LogP contribution is -2.30. The fourth-order valence-electron chi connectivity index (χ4n) is 4.82. The van der Waals surface area contributed by atoms with Crippen molar-refractivity contribution in [2.45, 2.75) is 18.4 Å². The Labute approximate surface area is 197 Å². The first kappa shape index (κ1) is 20.9. The smallest absolute Gasteiger partial charge is 0.258 e. The van der Waals surface area contributed by atoms with Crippen molar-refractivity contribution < 1.29 is 9.90 Å². The summed E-state index contributed by atoms with van der Waals surface area (Å²) in [5.41, 5.74) is 4.20. The van der Waals surface area contributed by atoms with Crippen molar-refractivity contribution in [2.75, 3.05) is 17.3 Å². The molecular formula is C26H22Cl2N2O2. The summed E-state index contributed by atoms with van der Waals surface area (Å²) in [4.78, 5) is 14.8. The Hall–Kier alpha value is -2.95. The molecule has 3 atom stereocenters. The summed E-state index contributed by atoms with van der Waals surface area (Å²) in [6.45, 7) is 0. The number of aromatic hydroxyl groups is 1. The molecule has 32 heavy (non-hydrogen) atoms. The van der Waals surface area contributed by atoms with Gasteiger partial charge < -0.3 is 15.3 Å². The first-order valence-electron chi connectivity index (χ1n) is 10.5. The fraction of sp³-hybridized carbons (Fsp3) is 0.192. The number of para-hydroxylation sites is 1. The topological polar surface area (TPSA) is 52.6 Å². The van der Waals surface area contributed by atoms with Crippen molar-refractivity contribution in [3.63, 3.8) is 0 Å². The minimum absolute atomic E-state index is 0.0546. The van der Waals surface area contributed by atoms with Crippen LogP contribution in [-0.2, 0) is 0 Å². The van der Waals surface area contributed by atoms with Gasteiger partial charge in [0.05, 0.1) is 11.1 Å². The lowest BCUT2D eigenvalue weighted by atomic mass is 9.76. The standard InChI is InChI=1S/C26H22Cl2N2O2/c1-30(17-6-3-2-4-7-17)26(32)15-10-11-23-20(12-15)18-8-5-9-19(18)24(29-23)21-13-16(27)14-22(28)25(21)31/h2-8,10-14,18-19,24,29,31H,9H2,1H3. The molecule has 3 unspecified atom stereocenters. The van der Waals surface area contributed by atoms with Crippen LogP contribution in [0.3, 0.4) is 0 Å². The molecule has 6 heteroatoms. The normalized spacial score (nSPS) is 20.9. The van der Waals surface area contributed by atoms with E-state index in [-0.39, 0.29) is 34.6 Å². The van der Waals surface area contributed by atoms with Crippen molar-refractivity contribution in [2.24, 2.45) is 5.92 Å². The Bertz CT molecular complexity index is 1230. The van der Waals surface area contributed by atoms with Gasteiger partial charge in [0.25, 0.3) is 5.91 Å². The summed E-state index contributed by atoms with van der Waals surface area (Å²) < 4.78 is 0. The highest BCUT2D eigenvalue weighted by Crippen LogP contribution is 2.52. The van der Waals surface area contributed by atoms with Crippen LogP contribution in [0, 0.1) is 5.92 Å². The number of allylic oxidation sites excluding steroid dienone is 2. The second-order valence-corrected chi connectivity index (χ2v) is 9.15. The number of amides is 1. The zero-order valence-corrected chi connectivity index (χ0v) is 18.9. The zero-order chi connectivity index (χ0) is 22.4. The number of halogens is 2. The van der Waals surface area contributed by atoms with E-state index in [4.69, 9.17) is 23.2 Å². The van der Waals surface area contributed by atoms with E-state index < -0.39 is 0 Å². The summed E-state index contributed by atoms with van der Waals surface area (Å²) in [5.74, 6) is 0.307. The predicted octanol–water partition coefficient (Wildman–Crippen LogP) is 6.80. The summed E-state index contributed by atoms with van der Waals surface area (Å²) in [7, 11) is 1.79. The summed E-state index contributed by atoms with van der Waals surface area (Å²) in [5, 5.41) is 14.9. The molecule has 1 aliphatic heterocycles. The number of phenols is 1. The average molecular weight is 465 g/mol. The van der Waals surface area contributed by atoms with Crippen LogP contribution in [-0.4, -0.2) is 18.1 Å². The van der Waals surface area contributed by atoms with Crippen LogP contribution in [0.2, 0.25) is 10.0 Å². The van der Waals surface area contributed by atoms with E-state index in [9.17, 15) is 9.90 Å². The number of rotatable bonds is 3. The molecule has 5 rings (SSSR count). The van der Waals surface area contributed by atoms with Gasteiger partial charge in [-0.25, -0.2) is 0 Å². The Morgan fingerprint density at radius 2 is 1.84 bits per heavy atom. The van der Waals surface area contributed by atoms with Crippen molar-refractivity contribution in [3.05, 3.63) is 99.6 Å². The summed E-state index contributed by atoms with van der Waals surface area (Å²) in [6.07, 6.45) is 5.20. The molecule has 0 fully saturated rings. The molecule has 4 nitrogen and oxygen atoms in total. The second kappa shape index (κ2) is 8.19. The molecule has 162 valence electrons. The number of nitrogens with one attached hydrogen (secondary N) is 1. The minimum atomic E-state index is -0.146. The number of hydrogen-bond acceptors (Lipinski definition) is 3. The second-order valence-electron chi connectivity index (χ2n) is 8.30. The van der Waals surface area contributed by atoms with Crippen molar-refractivity contribution >= 4 is 40.5 Å². The van der Waals surface area contributed by atoms with Crippen LogP contribution >= 0.6 is 23.2 Å². The molecular weight excluding hydrogens is 443 g/mol. The van der Waals surface area contributed by atoms with E-state index in [0.717, 1.165) is 23.4 Å². The van der Waals surface area contributed by atoms with Gasteiger partial charge in [0.15, 0.2) is 0 Å². The molecule has 3 aromatic rings. The third-order valence-corrected chi connectivity index (χ3v) is 6.96. The molecule has 3 aromatic carbocycles. The van der Waals surface area contributed by atoms with Gasteiger partial charge >= 0.3 is 0 Å². The van der Waals surface area contributed by atoms with E-state index in [2.05, 4.69) is 17.5 Å². The number of carbonyl (C=O) groups is 1. The van der Waals surface area contributed by atoms with Gasteiger partial charge in [0.2, 0.25) is 0 Å². The number of carbonyl (C=O) groups excluding carboxylic acids is 1. The Kier molecular flexibility index (Phi) is 5.36. The molecule has 0 aromatic heterocycles.